The molecule has 0 atom stereocenters. The molecule has 1 aliphatic carbocycles. The van der Waals surface area contributed by atoms with Gasteiger partial charge in [0.2, 0.25) is 5.91 Å². The van der Waals surface area contributed by atoms with Gasteiger partial charge in [-0.1, -0.05) is 37.5 Å². The molecule has 2 N–H and O–H groups in total. The number of amides is 1. The summed E-state index contributed by atoms with van der Waals surface area (Å²) in [5.41, 5.74) is 7.79. The highest BCUT2D eigenvalue weighted by Crippen LogP contribution is 2.27. The molecule has 0 saturated heterocycles. The van der Waals surface area contributed by atoms with Crippen LogP contribution in [0, 0.1) is 5.92 Å². The molecule has 0 bridgehead atoms. The van der Waals surface area contributed by atoms with Crippen molar-refractivity contribution >= 4 is 11.6 Å². The number of para-hydroxylation sites is 1. The molecule has 1 aliphatic rings. The molecule has 1 saturated carbocycles. The van der Waals surface area contributed by atoms with Gasteiger partial charge in [0, 0.05) is 25.2 Å². The summed E-state index contributed by atoms with van der Waals surface area (Å²) >= 11 is 0. The van der Waals surface area contributed by atoms with Crippen molar-refractivity contribution in [3.8, 4) is 0 Å². The van der Waals surface area contributed by atoms with E-state index >= 15 is 0 Å². The average Bonchev–Trinajstić information content (AvgIpc) is 2.47. The highest BCUT2D eigenvalue weighted by Gasteiger charge is 2.20. The van der Waals surface area contributed by atoms with Crippen LogP contribution in [-0.4, -0.2) is 17.4 Å². The van der Waals surface area contributed by atoms with Gasteiger partial charge < -0.3 is 10.6 Å². The molecule has 2 rings (SSSR count). The number of nitrogen functional groups attached to an aromatic ring is 1. The van der Waals surface area contributed by atoms with Crippen LogP contribution in [0.15, 0.2) is 24.3 Å². The number of nitrogens with two attached hydrogens (primary N) is 1. The van der Waals surface area contributed by atoms with Crippen LogP contribution in [0.2, 0.25) is 0 Å². The molecule has 1 aromatic carbocycles. The summed E-state index contributed by atoms with van der Waals surface area (Å²) in [7, 11) is 0. The van der Waals surface area contributed by atoms with Gasteiger partial charge in [0.05, 0.1) is 0 Å². The molecule has 1 fully saturated rings. The van der Waals surface area contributed by atoms with Crippen molar-refractivity contribution in [3.05, 3.63) is 29.8 Å². The summed E-state index contributed by atoms with van der Waals surface area (Å²) in [5, 5.41) is 0. The fourth-order valence-electron chi connectivity index (χ4n) is 3.03. The zero-order valence-corrected chi connectivity index (χ0v) is 12.5. The lowest BCUT2D eigenvalue weighted by atomic mass is 9.86. The summed E-state index contributed by atoms with van der Waals surface area (Å²) in [6, 6.07) is 7.81. The third kappa shape index (κ3) is 3.99. The van der Waals surface area contributed by atoms with Crippen molar-refractivity contribution in [2.75, 3.05) is 12.3 Å². The Hall–Kier alpha value is -1.51. The molecule has 3 heteroatoms. The second-order valence-electron chi connectivity index (χ2n) is 5.81. The van der Waals surface area contributed by atoms with E-state index in [1.54, 1.807) is 0 Å². The number of carbonyl (C=O) groups excluding carboxylic acids is 1. The first-order chi connectivity index (χ1) is 9.70. The Morgan fingerprint density at radius 3 is 2.60 bits per heavy atom. The SMILES string of the molecule is CCN(Cc1ccccc1N)C(=O)CC1CCCCC1. The second-order valence-corrected chi connectivity index (χ2v) is 5.81. The van der Waals surface area contributed by atoms with Gasteiger partial charge in [-0.15, -0.1) is 0 Å². The molecule has 1 aromatic rings. The van der Waals surface area contributed by atoms with E-state index in [1.165, 1.54) is 32.1 Å². The van der Waals surface area contributed by atoms with E-state index in [9.17, 15) is 4.79 Å². The number of anilines is 1. The van der Waals surface area contributed by atoms with Crippen molar-refractivity contribution in [2.24, 2.45) is 5.92 Å². The van der Waals surface area contributed by atoms with Gasteiger partial charge >= 0.3 is 0 Å². The Bertz CT molecular complexity index is 438. The number of carbonyl (C=O) groups is 1. The van der Waals surface area contributed by atoms with E-state index < -0.39 is 0 Å². The first kappa shape index (κ1) is 14.9. The molecular formula is C17H26N2O. The van der Waals surface area contributed by atoms with E-state index in [-0.39, 0.29) is 5.91 Å². The predicted molar refractivity (Wildman–Crippen MR) is 83.1 cm³/mol. The highest BCUT2D eigenvalue weighted by atomic mass is 16.2. The van der Waals surface area contributed by atoms with Gasteiger partial charge in [0.15, 0.2) is 0 Å². The van der Waals surface area contributed by atoms with Crippen LogP contribution in [-0.2, 0) is 11.3 Å². The van der Waals surface area contributed by atoms with E-state index in [1.807, 2.05) is 36.1 Å². The summed E-state index contributed by atoms with van der Waals surface area (Å²) in [6.45, 7) is 3.42. The number of benzene rings is 1. The molecule has 1 amide bonds. The Morgan fingerprint density at radius 1 is 1.25 bits per heavy atom. The van der Waals surface area contributed by atoms with Crippen molar-refractivity contribution in [1.82, 2.24) is 4.90 Å². The van der Waals surface area contributed by atoms with Gasteiger partial charge in [-0.3, -0.25) is 4.79 Å². The molecule has 110 valence electrons. The van der Waals surface area contributed by atoms with Crippen molar-refractivity contribution < 1.29 is 4.79 Å². The van der Waals surface area contributed by atoms with Crippen molar-refractivity contribution in [1.29, 1.82) is 0 Å². The number of hydrogen-bond acceptors (Lipinski definition) is 2. The minimum absolute atomic E-state index is 0.280. The molecular weight excluding hydrogens is 248 g/mol. The van der Waals surface area contributed by atoms with Crippen LogP contribution in [0.4, 0.5) is 5.69 Å². The van der Waals surface area contributed by atoms with Gasteiger partial charge in [-0.25, -0.2) is 0 Å². The van der Waals surface area contributed by atoms with Crippen molar-refractivity contribution in [2.45, 2.75) is 52.0 Å². The van der Waals surface area contributed by atoms with E-state index in [0.29, 0.717) is 18.9 Å². The predicted octanol–water partition coefficient (Wildman–Crippen LogP) is 3.59. The first-order valence-corrected chi connectivity index (χ1v) is 7.82. The van der Waals surface area contributed by atoms with Crippen LogP contribution in [0.5, 0.6) is 0 Å². The minimum Gasteiger partial charge on any atom is -0.398 e. The molecule has 3 nitrogen and oxygen atoms in total. The molecule has 0 aromatic heterocycles. The van der Waals surface area contributed by atoms with Gasteiger partial charge in [-0.2, -0.15) is 0 Å². The normalized spacial score (nSPS) is 16.1. The average molecular weight is 274 g/mol. The van der Waals surface area contributed by atoms with Crippen LogP contribution < -0.4 is 5.73 Å². The third-order valence-corrected chi connectivity index (χ3v) is 4.34. The lowest BCUT2D eigenvalue weighted by Gasteiger charge is -2.26. The first-order valence-electron chi connectivity index (χ1n) is 7.82. The zero-order valence-electron chi connectivity index (χ0n) is 12.5. The number of hydrogen-bond donors (Lipinski definition) is 1. The maximum atomic E-state index is 12.4. The van der Waals surface area contributed by atoms with Crippen LogP contribution >= 0.6 is 0 Å². The maximum Gasteiger partial charge on any atom is 0.223 e. The highest BCUT2D eigenvalue weighted by molar-refractivity contribution is 5.76. The van der Waals surface area contributed by atoms with E-state index in [2.05, 4.69) is 0 Å². The van der Waals surface area contributed by atoms with Crippen LogP contribution in [0.25, 0.3) is 0 Å². The molecule has 0 aliphatic heterocycles. The number of nitrogens with zero attached hydrogens (tertiary/aromatic N) is 1. The summed E-state index contributed by atoms with van der Waals surface area (Å²) in [5.74, 6) is 0.876. The quantitative estimate of drug-likeness (QED) is 0.834. The van der Waals surface area contributed by atoms with Crippen molar-refractivity contribution in [3.63, 3.8) is 0 Å². The monoisotopic (exact) mass is 274 g/mol. The Morgan fingerprint density at radius 2 is 1.95 bits per heavy atom. The topological polar surface area (TPSA) is 46.3 Å². The summed E-state index contributed by atoms with van der Waals surface area (Å²) in [4.78, 5) is 14.4. The molecule has 0 heterocycles. The third-order valence-electron chi connectivity index (χ3n) is 4.34. The molecule has 20 heavy (non-hydrogen) atoms. The van der Waals surface area contributed by atoms with Gasteiger partial charge in [-0.05, 0) is 37.3 Å². The van der Waals surface area contributed by atoms with E-state index in [4.69, 9.17) is 5.73 Å². The molecule has 0 spiro atoms. The standard InChI is InChI=1S/C17H26N2O/c1-2-19(13-15-10-6-7-11-16(15)18)17(20)12-14-8-4-3-5-9-14/h6-7,10-11,14H,2-5,8-9,12-13,18H2,1H3. The Kier molecular flexibility index (Phi) is 5.45. The van der Waals surface area contributed by atoms with Gasteiger partial charge in [0.1, 0.15) is 0 Å². The molecule has 0 radical (unpaired) electrons. The fraction of sp³-hybridized carbons (Fsp3) is 0.588. The zero-order chi connectivity index (χ0) is 14.4. The lowest BCUT2D eigenvalue weighted by molar-refractivity contribution is -0.132. The minimum atomic E-state index is 0.280. The lowest BCUT2D eigenvalue weighted by Crippen LogP contribution is -2.32. The Balaban J connectivity index is 1.93. The Labute approximate surface area is 122 Å². The van der Waals surface area contributed by atoms with Gasteiger partial charge in [0.25, 0.3) is 0 Å². The van der Waals surface area contributed by atoms with Crippen LogP contribution in [0.3, 0.4) is 0 Å². The van der Waals surface area contributed by atoms with E-state index in [0.717, 1.165) is 17.8 Å². The number of rotatable bonds is 5. The van der Waals surface area contributed by atoms with Crippen LogP contribution in [0.1, 0.15) is 51.0 Å². The second kappa shape index (κ2) is 7.32. The smallest absolute Gasteiger partial charge is 0.223 e. The largest absolute Gasteiger partial charge is 0.398 e. The fourth-order valence-corrected chi connectivity index (χ4v) is 3.03. The maximum absolute atomic E-state index is 12.4. The molecule has 0 unspecified atom stereocenters. The summed E-state index contributed by atoms with van der Waals surface area (Å²) in [6.07, 6.45) is 7.06. The summed E-state index contributed by atoms with van der Waals surface area (Å²) < 4.78 is 0.